The van der Waals surface area contributed by atoms with Gasteiger partial charge >= 0.3 is 11.9 Å². The Morgan fingerprint density at radius 1 is 0.538 bits per heavy atom. The molecular formula is C30H18N2O7. The summed E-state index contributed by atoms with van der Waals surface area (Å²) in [6, 6.07) is 19.1. The van der Waals surface area contributed by atoms with Crippen molar-refractivity contribution in [1.82, 2.24) is 0 Å². The molecule has 0 bridgehead atoms. The second-order valence-corrected chi connectivity index (χ2v) is 9.00. The standard InChI is InChI=1S/C30H18N2O7/c31-27(33)17-9-6-15-14-7-10-18(29(35)36)24-19(30(37)38)11-8-16(22(14)24)25-21(39-13-4-2-1-3-5-13)12-20(28(32)34)23(17)26(15)25/h1-12H,(H2,31,33)(H2,32,34)(H,35,36)(H,37,38). The molecular weight excluding hydrogens is 500 g/mol. The molecule has 0 aliphatic rings. The Hall–Kier alpha value is -5.70. The third-order valence-corrected chi connectivity index (χ3v) is 6.91. The molecule has 0 aliphatic heterocycles. The van der Waals surface area contributed by atoms with Gasteiger partial charge in [-0.3, -0.25) is 10.8 Å². The molecule has 6 rings (SSSR count). The van der Waals surface area contributed by atoms with Gasteiger partial charge in [-0.05, 0) is 57.9 Å². The average molecular weight is 518 g/mol. The van der Waals surface area contributed by atoms with Crippen molar-refractivity contribution in [2.24, 2.45) is 0 Å². The average Bonchev–Trinajstić information content (AvgIpc) is 2.91. The van der Waals surface area contributed by atoms with Crippen molar-refractivity contribution in [3.63, 3.8) is 0 Å². The zero-order valence-electron chi connectivity index (χ0n) is 19.9. The van der Waals surface area contributed by atoms with Gasteiger partial charge in [-0.25, -0.2) is 9.59 Å². The second kappa shape index (κ2) is 8.42. The third kappa shape index (κ3) is 3.41. The number of carboxylic acids is 2. The molecule has 0 amide bonds. The number of rotatable bonds is 6. The summed E-state index contributed by atoms with van der Waals surface area (Å²) in [5.74, 6) is -3.50. The lowest BCUT2D eigenvalue weighted by molar-refractivity contribution is 0.0695. The highest BCUT2D eigenvalue weighted by Gasteiger charge is 2.27. The summed E-state index contributed by atoms with van der Waals surface area (Å²) < 4.78 is 6.23. The summed E-state index contributed by atoms with van der Waals surface area (Å²) in [4.78, 5) is 24.4. The number of nitrogens with one attached hydrogen (secondary N) is 2. The number of carbonyl (C=O) groups is 2. The van der Waals surface area contributed by atoms with E-state index in [4.69, 9.17) is 15.6 Å². The van der Waals surface area contributed by atoms with Gasteiger partial charge in [-0.15, -0.1) is 0 Å². The SMILES string of the molecule is N=C(O)c1ccc2c3ccc(C(=O)O)c4c(C(=O)O)ccc(c5c(Oc6ccccc6)cc(C(=N)O)c1c25)c43. The monoisotopic (exact) mass is 518 g/mol. The largest absolute Gasteiger partial charge is 0.493 e. The lowest BCUT2D eigenvalue weighted by Gasteiger charge is -2.21. The van der Waals surface area contributed by atoms with E-state index in [2.05, 4.69) is 0 Å². The minimum absolute atomic E-state index is 0.0133. The lowest BCUT2D eigenvalue weighted by Crippen LogP contribution is -2.08. The first-order valence-electron chi connectivity index (χ1n) is 11.7. The van der Waals surface area contributed by atoms with Crippen LogP contribution in [-0.4, -0.2) is 44.2 Å². The number of aliphatic hydroxyl groups excluding tert-OH is 2. The van der Waals surface area contributed by atoms with Crippen molar-refractivity contribution in [2.45, 2.75) is 0 Å². The molecule has 0 heterocycles. The first-order valence-corrected chi connectivity index (χ1v) is 11.7. The van der Waals surface area contributed by atoms with Crippen molar-refractivity contribution in [3.05, 3.63) is 95.1 Å². The number of carboxylic acid groups (broad SMARTS) is 2. The zero-order valence-corrected chi connectivity index (χ0v) is 19.9. The van der Waals surface area contributed by atoms with Gasteiger partial charge < -0.3 is 25.2 Å². The van der Waals surface area contributed by atoms with Crippen LogP contribution in [-0.2, 0) is 0 Å². The summed E-state index contributed by atoms with van der Waals surface area (Å²) in [5, 5.41) is 59.6. The summed E-state index contributed by atoms with van der Waals surface area (Å²) in [6.45, 7) is 0. The van der Waals surface area contributed by atoms with E-state index in [0.717, 1.165) is 0 Å². The van der Waals surface area contributed by atoms with Crippen LogP contribution in [0.4, 0.5) is 0 Å². The van der Waals surface area contributed by atoms with Gasteiger partial charge in [0.25, 0.3) is 0 Å². The van der Waals surface area contributed by atoms with E-state index >= 15 is 0 Å². The summed E-state index contributed by atoms with van der Waals surface area (Å²) >= 11 is 0. The van der Waals surface area contributed by atoms with Crippen LogP contribution in [0.25, 0.3) is 43.1 Å². The van der Waals surface area contributed by atoms with Gasteiger partial charge in [-0.2, -0.15) is 0 Å². The molecule has 0 spiro atoms. The predicted molar refractivity (Wildman–Crippen MR) is 147 cm³/mol. The third-order valence-electron chi connectivity index (χ3n) is 6.91. The van der Waals surface area contributed by atoms with E-state index in [1.807, 2.05) is 0 Å². The maximum Gasteiger partial charge on any atom is 0.336 e. The van der Waals surface area contributed by atoms with Crippen LogP contribution in [0.5, 0.6) is 11.5 Å². The normalized spacial score (nSPS) is 11.4. The molecule has 6 N–H and O–H groups in total. The second-order valence-electron chi connectivity index (χ2n) is 9.00. The highest BCUT2D eigenvalue weighted by Crippen LogP contribution is 2.48. The number of aliphatic hydroxyl groups is 2. The van der Waals surface area contributed by atoms with E-state index in [1.165, 1.54) is 24.3 Å². The van der Waals surface area contributed by atoms with Crippen LogP contribution in [0, 0.1) is 10.8 Å². The molecule has 6 aromatic carbocycles. The number of fused-ring (bicyclic) bond motifs is 2. The van der Waals surface area contributed by atoms with Gasteiger partial charge in [0.2, 0.25) is 11.8 Å². The molecule has 190 valence electrons. The Bertz CT molecular complexity index is 2030. The van der Waals surface area contributed by atoms with Crippen LogP contribution in [0.2, 0.25) is 0 Å². The number of para-hydroxylation sites is 1. The van der Waals surface area contributed by atoms with Crippen molar-refractivity contribution in [2.75, 3.05) is 0 Å². The molecule has 0 unspecified atom stereocenters. The number of benzene rings is 6. The lowest BCUT2D eigenvalue weighted by atomic mass is 9.84. The molecule has 0 saturated carbocycles. The molecule has 9 heteroatoms. The van der Waals surface area contributed by atoms with E-state index in [-0.39, 0.29) is 38.8 Å². The highest BCUT2D eigenvalue weighted by molar-refractivity contribution is 6.39. The van der Waals surface area contributed by atoms with Gasteiger partial charge in [0.15, 0.2) is 0 Å². The van der Waals surface area contributed by atoms with Gasteiger partial charge in [0.05, 0.1) is 11.1 Å². The maximum absolute atomic E-state index is 12.2. The fourth-order valence-electron chi connectivity index (χ4n) is 5.40. The Balaban J connectivity index is 1.95. The quantitative estimate of drug-likeness (QED) is 0.0616. The summed E-state index contributed by atoms with van der Waals surface area (Å²) in [5.41, 5.74) is -0.278. The molecule has 0 radical (unpaired) electrons. The first-order chi connectivity index (χ1) is 18.7. The number of aromatic carboxylic acids is 2. The van der Waals surface area contributed by atoms with E-state index in [1.54, 1.807) is 48.5 Å². The van der Waals surface area contributed by atoms with E-state index in [0.29, 0.717) is 38.1 Å². The first kappa shape index (κ1) is 23.7. The van der Waals surface area contributed by atoms with Crippen LogP contribution >= 0.6 is 0 Å². The Labute approximate surface area is 219 Å². The molecule has 6 aromatic rings. The molecule has 0 atom stereocenters. The van der Waals surface area contributed by atoms with Crippen molar-refractivity contribution in [1.29, 1.82) is 10.8 Å². The Morgan fingerprint density at radius 2 is 1.05 bits per heavy atom. The fourth-order valence-corrected chi connectivity index (χ4v) is 5.40. The van der Waals surface area contributed by atoms with Crippen molar-refractivity contribution in [3.8, 4) is 11.5 Å². The van der Waals surface area contributed by atoms with Crippen molar-refractivity contribution >= 4 is 66.8 Å². The maximum atomic E-state index is 12.2. The van der Waals surface area contributed by atoms with Crippen LogP contribution in [0.15, 0.2) is 72.8 Å². The highest BCUT2D eigenvalue weighted by atomic mass is 16.5. The molecule has 0 saturated heterocycles. The Kier molecular flexibility index (Phi) is 5.11. The summed E-state index contributed by atoms with van der Waals surface area (Å²) in [7, 11) is 0. The van der Waals surface area contributed by atoms with Crippen LogP contribution in [0.1, 0.15) is 31.8 Å². The van der Waals surface area contributed by atoms with Gasteiger partial charge in [0, 0.05) is 32.7 Å². The molecule has 0 fully saturated rings. The zero-order chi connectivity index (χ0) is 27.6. The number of hydrogen-bond acceptors (Lipinski definition) is 5. The van der Waals surface area contributed by atoms with Crippen LogP contribution in [0.3, 0.4) is 0 Å². The fraction of sp³-hybridized carbons (Fsp3) is 0. The van der Waals surface area contributed by atoms with E-state index < -0.39 is 23.7 Å². The molecule has 39 heavy (non-hydrogen) atoms. The summed E-state index contributed by atoms with van der Waals surface area (Å²) in [6.07, 6.45) is 0. The minimum Gasteiger partial charge on any atom is -0.493 e. The van der Waals surface area contributed by atoms with Crippen molar-refractivity contribution < 1.29 is 34.8 Å². The van der Waals surface area contributed by atoms with E-state index in [9.17, 15) is 30.0 Å². The topological polar surface area (TPSA) is 172 Å². The smallest absolute Gasteiger partial charge is 0.336 e. The number of hydrogen-bond donors (Lipinski definition) is 6. The molecule has 9 nitrogen and oxygen atoms in total. The van der Waals surface area contributed by atoms with Gasteiger partial charge in [-0.1, -0.05) is 36.4 Å². The number of ether oxygens (including phenoxy) is 1. The Morgan fingerprint density at radius 3 is 1.62 bits per heavy atom. The minimum atomic E-state index is -1.29. The van der Waals surface area contributed by atoms with Gasteiger partial charge in [0.1, 0.15) is 11.5 Å². The molecule has 0 aliphatic carbocycles. The van der Waals surface area contributed by atoms with Crippen LogP contribution < -0.4 is 4.74 Å². The predicted octanol–water partition coefficient (Wildman–Crippen LogP) is 6.69. The molecule has 0 aromatic heterocycles.